The number of ether oxygens (including phenoxy) is 1. The molecule has 0 spiro atoms. The third kappa shape index (κ3) is 3.83. The summed E-state index contributed by atoms with van der Waals surface area (Å²) < 4.78 is 5.07. The molecule has 2 aliphatic rings. The van der Waals surface area contributed by atoms with Crippen LogP contribution >= 0.6 is 0 Å². The highest BCUT2D eigenvalue weighted by Gasteiger charge is 2.55. The molecule has 7 heteroatoms. The third-order valence-electron chi connectivity index (χ3n) is 5.86. The SMILES string of the molecule is COc1ccc(C(=O)CCC(=O)N2C[C@@H]3CCN(C)C[C@]3(C(=O)O)C2)cc1. The van der Waals surface area contributed by atoms with E-state index in [1.54, 1.807) is 36.3 Å². The van der Waals surface area contributed by atoms with Crippen molar-refractivity contribution in [2.24, 2.45) is 11.3 Å². The number of fused-ring (bicyclic) bond motifs is 1. The number of carboxylic acid groups (broad SMARTS) is 1. The lowest BCUT2D eigenvalue weighted by molar-refractivity contribution is -0.154. The molecule has 27 heavy (non-hydrogen) atoms. The Morgan fingerprint density at radius 3 is 2.52 bits per heavy atom. The molecule has 146 valence electrons. The monoisotopic (exact) mass is 374 g/mol. The number of benzene rings is 1. The van der Waals surface area contributed by atoms with Gasteiger partial charge in [-0.25, -0.2) is 0 Å². The second kappa shape index (κ2) is 7.68. The zero-order chi connectivity index (χ0) is 19.6. The van der Waals surface area contributed by atoms with Crippen molar-refractivity contribution in [2.75, 3.05) is 40.3 Å². The van der Waals surface area contributed by atoms with Gasteiger partial charge >= 0.3 is 5.97 Å². The molecule has 1 amide bonds. The first kappa shape index (κ1) is 19.4. The first-order valence-corrected chi connectivity index (χ1v) is 9.22. The minimum atomic E-state index is -0.886. The first-order chi connectivity index (χ1) is 12.9. The molecule has 0 aliphatic carbocycles. The van der Waals surface area contributed by atoms with Crippen LogP contribution in [0.25, 0.3) is 0 Å². The number of carbonyl (C=O) groups excluding carboxylic acids is 2. The highest BCUT2D eigenvalue weighted by molar-refractivity contribution is 5.98. The standard InChI is InChI=1S/C20H26N2O5/c1-21-10-9-15-11-22(13-20(15,12-21)19(25)26)18(24)8-7-17(23)14-3-5-16(27-2)6-4-14/h3-6,15H,7-13H2,1-2H3,(H,25,26)/t15-,20-/m0/s1. The molecule has 2 heterocycles. The Labute approximate surface area is 158 Å². The van der Waals surface area contributed by atoms with Crippen LogP contribution in [0.3, 0.4) is 0 Å². The van der Waals surface area contributed by atoms with E-state index < -0.39 is 11.4 Å². The smallest absolute Gasteiger partial charge is 0.313 e. The predicted molar refractivity (Wildman–Crippen MR) is 98.8 cm³/mol. The number of carbonyl (C=O) groups is 3. The van der Waals surface area contributed by atoms with Crippen LogP contribution in [0.4, 0.5) is 0 Å². The molecule has 1 aromatic rings. The summed E-state index contributed by atoms with van der Waals surface area (Å²) in [4.78, 5) is 40.5. The summed E-state index contributed by atoms with van der Waals surface area (Å²) in [6.07, 6.45) is 0.993. The van der Waals surface area contributed by atoms with Crippen LogP contribution < -0.4 is 4.74 Å². The topological polar surface area (TPSA) is 87.2 Å². The summed E-state index contributed by atoms with van der Waals surface area (Å²) >= 11 is 0. The van der Waals surface area contributed by atoms with E-state index in [9.17, 15) is 19.5 Å². The van der Waals surface area contributed by atoms with Crippen molar-refractivity contribution >= 4 is 17.7 Å². The molecule has 2 fully saturated rings. The Hall–Kier alpha value is -2.41. The van der Waals surface area contributed by atoms with Gasteiger partial charge in [-0.3, -0.25) is 14.4 Å². The minimum Gasteiger partial charge on any atom is -0.497 e. The van der Waals surface area contributed by atoms with Crippen molar-refractivity contribution in [3.63, 3.8) is 0 Å². The number of methoxy groups -OCH3 is 1. The summed E-state index contributed by atoms with van der Waals surface area (Å²) in [7, 11) is 3.48. The number of likely N-dealkylation sites (tertiary alicyclic amines) is 2. The second-order valence-electron chi connectivity index (χ2n) is 7.61. The summed E-state index contributed by atoms with van der Waals surface area (Å²) in [5, 5.41) is 9.80. The number of piperidine rings is 1. The zero-order valence-electron chi connectivity index (χ0n) is 15.8. The van der Waals surface area contributed by atoms with E-state index in [4.69, 9.17) is 4.74 Å². The first-order valence-electron chi connectivity index (χ1n) is 9.22. The lowest BCUT2D eigenvalue weighted by atomic mass is 9.73. The third-order valence-corrected chi connectivity index (χ3v) is 5.86. The molecule has 1 N–H and O–H groups in total. The van der Waals surface area contributed by atoms with E-state index in [1.807, 2.05) is 11.9 Å². The number of ketones is 1. The summed E-state index contributed by atoms with van der Waals surface area (Å²) in [5.74, 6) is -0.424. The van der Waals surface area contributed by atoms with Gasteiger partial charge in [0.15, 0.2) is 5.78 Å². The number of amides is 1. The molecular weight excluding hydrogens is 348 g/mol. The zero-order valence-corrected chi connectivity index (χ0v) is 15.8. The average Bonchev–Trinajstić information content (AvgIpc) is 3.06. The minimum absolute atomic E-state index is 0.0209. The normalized spacial score (nSPS) is 25.1. The van der Waals surface area contributed by atoms with Crippen molar-refractivity contribution in [3.05, 3.63) is 29.8 Å². The van der Waals surface area contributed by atoms with Crippen molar-refractivity contribution in [1.29, 1.82) is 0 Å². The van der Waals surface area contributed by atoms with Crippen LogP contribution in [-0.2, 0) is 9.59 Å². The van der Waals surface area contributed by atoms with Gasteiger partial charge in [0.05, 0.1) is 7.11 Å². The fourth-order valence-corrected chi connectivity index (χ4v) is 4.26. The van der Waals surface area contributed by atoms with Crippen LogP contribution in [0.1, 0.15) is 29.6 Å². The van der Waals surface area contributed by atoms with Gasteiger partial charge in [0.2, 0.25) is 5.91 Å². The Bertz CT molecular complexity index is 732. The van der Waals surface area contributed by atoms with Crippen molar-refractivity contribution in [2.45, 2.75) is 19.3 Å². The van der Waals surface area contributed by atoms with E-state index in [2.05, 4.69) is 0 Å². The van der Waals surface area contributed by atoms with Crippen molar-refractivity contribution in [3.8, 4) is 5.75 Å². The van der Waals surface area contributed by atoms with Crippen LogP contribution in [0.15, 0.2) is 24.3 Å². The van der Waals surface area contributed by atoms with Gasteiger partial charge in [-0.05, 0) is 50.2 Å². The van der Waals surface area contributed by atoms with E-state index >= 15 is 0 Å². The lowest BCUT2D eigenvalue weighted by Gasteiger charge is -2.39. The van der Waals surface area contributed by atoms with Gasteiger partial charge in [0, 0.05) is 38.0 Å². The van der Waals surface area contributed by atoms with Gasteiger partial charge < -0.3 is 19.6 Å². The molecule has 0 unspecified atom stereocenters. The van der Waals surface area contributed by atoms with Crippen molar-refractivity contribution in [1.82, 2.24) is 9.80 Å². The van der Waals surface area contributed by atoms with Crippen LogP contribution in [-0.4, -0.2) is 72.9 Å². The molecule has 0 bridgehead atoms. The van der Waals surface area contributed by atoms with E-state index in [0.717, 1.165) is 13.0 Å². The number of aliphatic carboxylic acids is 1. The van der Waals surface area contributed by atoms with Crippen molar-refractivity contribution < 1.29 is 24.2 Å². The molecule has 2 aliphatic heterocycles. The maximum Gasteiger partial charge on any atom is 0.313 e. The van der Waals surface area contributed by atoms with Gasteiger partial charge in [-0.2, -0.15) is 0 Å². The summed E-state index contributed by atoms with van der Waals surface area (Å²) in [5.41, 5.74) is -0.342. The van der Waals surface area contributed by atoms with Crippen LogP contribution in [0, 0.1) is 11.3 Å². The summed E-state index contributed by atoms with van der Waals surface area (Å²) in [6.45, 7) is 2.00. The highest BCUT2D eigenvalue weighted by Crippen LogP contribution is 2.42. The number of hydrogen-bond donors (Lipinski definition) is 1. The molecule has 0 saturated carbocycles. The Morgan fingerprint density at radius 2 is 1.89 bits per heavy atom. The Kier molecular flexibility index (Phi) is 5.51. The Morgan fingerprint density at radius 1 is 1.19 bits per heavy atom. The number of rotatable bonds is 6. The second-order valence-corrected chi connectivity index (χ2v) is 7.61. The number of hydrogen-bond acceptors (Lipinski definition) is 5. The fraction of sp³-hybridized carbons (Fsp3) is 0.550. The molecule has 1 aromatic carbocycles. The van der Waals surface area contributed by atoms with E-state index in [0.29, 0.717) is 24.4 Å². The van der Waals surface area contributed by atoms with Gasteiger partial charge in [0.1, 0.15) is 11.2 Å². The molecule has 3 rings (SSSR count). The molecule has 7 nitrogen and oxygen atoms in total. The fourth-order valence-electron chi connectivity index (χ4n) is 4.26. The quantitative estimate of drug-likeness (QED) is 0.760. The molecule has 2 atom stereocenters. The van der Waals surface area contributed by atoms with Gasteiger partial charge in [-0.15, -0.1) is 0 Å². The molecular formula is C20H26N2O5. The highest BCUT2D eigenvalue weighted by atomic mass is 16.5. The largest absolute Gasteiger partial charge is 0.497 e. The molecule has 2 saturated heterocycles. The maximum atomic E-state index is 12.6. The Balaban J connectivity index is 1.60. The predicted octanol–water partition coefficient (Wildman–Crippen LogP) is 1.52. The van der Waals surface area contributed by atoms with E-state index in [-0.39, 0.29) is 37.0 Å². The van der Waals surface area contributed by atoms with E-state index in [1.165, 1.54) is 0 Å². The number of nitrogens with zero attached hydrogens (tertiary/aromatic N) is 2. The molecule has 0 aromatic heterocycles. The number of carboxylic acids is 1. The van der Waals surface area contributed by atoms with Gasteiger partial charge in [0.25, 0.3) is 0 Å². The van der Waals surface area contributed by atoms with Gasteiger partial charge in [-0.1, -0.05) is 0 Å². The van der Waals surface area contributed by atoms with Crippen LogP contribution in [0.5, 0.6) is 5.75 Å². The lowest BCUT2D eigenvalue weighted by Crippen LogP contribution is -2.52. The maximum absolute atomic E-state index is 12.6. The number of Topliss-reactive ketones (excluding diaryl/α,β-unsaturated/α-hetero) is 1. The average molecular weight is 374 g/mol. The van der Waals surface area contributed by atoms with Crippen LogP contribution in [0.2, 0.25) is 0 Å². The molecule has 0 radical (unpaired) electrons. The summed E-state index contributed by atoms with van der Waals surface area (Å²) in [6, 6.07) is 6.80.